The first kappa shape index (κ1) is 11.6. The minimum absolute atomic E-state index is 0.307. The van der Waals surface area contributed by atoms with Crippen molar-refractivity contribution in [3.63, 3.8) is 0 Å². The Morgan fingerprint density at radius 2 is 1.84 bits per heavy atom. The van der Waals surface area contributed by atoms with Gasteiger partial charge >= 0.3 is 0 Å². The van der Waals surface area contributed by atoms with Crippen molar-refractivity contribution in [3.8, 4) is 17.1 Å². The molecule has 0 saturated heterocycles. The molecule has 2 aromatic carbocycles. The van der Waals surface area contributed by atoms with E-state index in [-0.39, 0.29) is 5.82 Å². The zero-order chi connectivity index (χ0) is 13.2. The normalized spacial score (nSPS) is 10.6. The Hall–Kier alpha value is -2.49. The van der Waals surface area contributed by atoms with E-state index in [1.165, 1.54) is 12.3 Å². The molecule has 1 heterocycles. The monoisotopic (exact) mass is 254 g/mol. The van der Waals surface area contributed by atoms with E-state index in [0.29, 0.717) is 16.7 Å². The maximum Gasteiger partial charge on any atom is 0.159 e. The van der Waals surface area contributed by atoms with E-state index in [2.05, 4.69) is 9.97 Å². The molecule has 94 valence electrons. The molecule has 0 bridgehead atoms. The third-order valence-corrected chi connectivity index (χ3v) is 2.92. The Morgan fingerprint density at radius 3 is 2.58 bits per heavy atom. The number of halogens is 1. The van der Waals surface area contributed by atoms with Crippen LogP contribution in [0, 0.1) is 5.82 Å². The van der Waals surface area contributed by atoms with Gasteiger partial charge in [-0.3, -0.25) is 0 Å². The summed E-state index contributed by atoms with van der Waals surface area (Å²) in [4.78, 5) is 8.57. The summed E-state index contributed by atoms with van der Waals surface area (Å²) in [5.41, 5.74) is 1.47. The van der Waals surface area contributed by atoms with E-state index in [9.17, 15) is 4.39 Å². The minimum atomic E-state index is -0.307. The molecule has 3 nitrogen and oxygen atoms in total. The largest absolute Gasteiger partial charge is 0.497 e. The van der Waals surface area contributed by atoms with Crippen molar-refractivity contribution in [1.82, 2.24) is 9.97 Å². The number of nitrogens with zero attached hydrogens (tertiary/aromatic N) is 2. The molecule has 0 atom stereocenters. The first-order chi connectivity index (χ1) is 9.28. The summed E-state index contributed by atoms with van der Waals surface area (Å²) >= 11 is 0. The third-order valence-electron chi connectivity index (χ3n) is 2.92. The second-order valence-electron chi connectivity index (χ2n) is 4.09. The van der Waals surface area contributed by atoms with Crippen molar-refractivity contribution in [2.45, 2.75) is 0 Å². The lowest BCUT2D eigenvalue weighted by molar-refractivity contribution is 0.415. The summed E-state index contributed by atoms with van der Waals surface area (Å²) in [5.74, 6) is 1.04. The molecule has 3 rings (SSSR count). The van der Waals surface area contributed by atoms with Gasteiger partial charge in [0.15, 0.2) is 5.82 Å². The first-order valence-corrected chi connectivity index (χ1v) is 5.83. The van der Waals surface area contributed by atoms with E-state index in [4.69, 9.17) is 4.74 Å². The number of fused-ring (bicyclic) bond motifs is 1. The Bertz CT molecular complexity index is 726. The lowest BCUT2D eigenvalue weighted by Crippen LogP contribution is -1.91. The average Bonchev–Trinajstić information content (AvgIpc) is 2.47. The molecular weight excluding hydrogens is 243 g/mol. The smallest absolute Gasteiger partial charge is 0.159 e. The number of hydrogen-bond donors (Lipinski definition) is 0. The second kappa shape index (κ2) is 4.65. The Labute approximate surface area is 109 Å². The van der Waals surface area contributed by atoms with Crippen molar-refractivity contribution >= 4 is 10.9 Å². The minimum Gasteiger partial charge on any atom is -0.497 e. The van der Waals surface area contributed by atoms with Crippen molar-refractivity contribution in [3.05, 3.63) is 54.5 Å². The van der Waals surface area contributed by atoms with Gasteiger partial charge < -0.3 is 4.74 Å². The number of rotatable bonds is 2. The van der Waals surface area contributed by atoms with E-state index in [1.807, 2.05) is 24.3 Å². The number of hydrogen-bond acceptors (Lipinski definition) is 3. The molecule has 1 aromatic heterocycles. The maximum absolute atomic E-state index is 13.5. The highest BCUT2D eigenvalue weighted by Gasteiger charge is 2.06. The average molecular weight is 254 g/mol. The summed E-state index contributed by atoms with van der Waals surface area (Å²) in [6.45, 7) is 0. The Morgan fingerprint density at radius 1 is 1.05 bits per heavy atom. The van der Waals surface area contributed by atoms with Crippen LogP contribution in [0.2, 0.25) is 0 Å². The molecule has 0 aliphatic carbocycles. The molecule has 19 heavy (non-hydrogen) atoms. The summed E-state index contributed by atoms with van der Waals surface area (Å²) in [6.07, 6.45) is 1.51. The van der Waals surface area contributed by atoms with Crippen LogP contribution < -0.4 is 4.74 Å². The summed E-state index contributed by atoms with van der Waals surface area (Å²) in [7, 11) is 1.62. The van der Waals surface area contributed by atoms with Gasteiger partial charge in [-0.2, -0.15) is 0 Å². The van der Waals surface area contributed by atoms with E-state index in [0.717, 1.165) is 11.3 Å². The van der Waals surface area contributed by atoms with Gasteiger partial charge in [0.25, 0.3) is 0 Å². The van der Waals surface area contributed by atoms with Crippen LogP contribution >= 0.6 is 0 Å². The van der Waals surface area contributed by atoms with E-state index >= 15 is 0 Å². The van der Waals surface area contributed by atoms with Crippen molar-refractivity contribution in [2.24, 2.45) is 0 Å². The molecule has 0 aliphatic rings. The predicted octanol–water partition coefficient (Wildman–Crippen LogP) is 3.44. The Kier molecular flexibility index (Phi) is 2.83. The molecule has 0 saturated carbocycles. The van der Waals surface area contributed by atoms with Gasteiger partial charge in [-0.1, -0.05) is 6.07 Å². The number of aromatic nitrogens is 2. The molecule has 0 fully saturated rings. The molecule has 0 amide bonds. The molecule has 0 radical (unpaired) electrons. The third kappa shape index (κ3) is 2.12. The molecule has 0 aliphatic heterocycles. The lowest BCUT2D eigenvalue weighted by Gasteiger charge is -2.04. The van der Waals surface area contributed by atoms with Crippen LogP contribution in [-0.2, 0) is 0 Å². The van der Waals surface area contributed by atoms with Gasteiger partial charge in [0.1, 0.15) is 11.6 Å². The number of benzene rings is 2. The van der Waals surface area contributed by atoms with Crippen molar-refractivity contribution in [1.29, 1.82) is 0 Å². The SMILES string of the molecule is COc1ccc(-c2ncc3c(F)cccc3n2)cc1. The highest BCUT2D eigenvalue weighted by molar-refractivity contribution is 5.80. The Balaban J connectivity index is 2.09. The maximum atomic E-state index is 13.5. The zero-order valence-corrected chi connectivity index (χ0v) is 10.3. The fourth-order valence-corrected chi connectivity index (χ4v) is 1.90. The van der Waals surface area contributed by atoms with Crippen LogP contribution in [0.15, 0.2) is 48.7 Å². The molecular formula is C15H11FN2O. The quantitative estimate of drug-likeness (QED) is 0.702. The molecule has 0 spiro atoms. The summed E-state index contributed by atoms with van der Waals surface area (Å²) < 4.78 is 18.6. The summed E-state index contributed by atoms with van der Waals surface area (Å²) in [6, 6.07) is 12.2. The van der Waals surface area contributed by atoms with E-state index < -0.39 is 0 Å². The van der Waals surface area contributed by atoms with Crippen molar-refractivity contribution < 1.29 is 9.13 Å². The van der Waals surface area contributed by atoms with Crippen LogP contribution in [-0.4, -0.2) is 17.1 Å². The van der Waals surface area contributed by atoms with Gasteiger partial charge in [-0.15, -0.1) is 0 Å². The first-order valence-electron chi connectivity index (χ1n) is 5.83. The molecule has 3 aromatic rings. The lowest BCUT2D eigenvalue weighted by atomic mass is 10.2. The molecule has 0 unspecified atom stereocenters. The fraction of sp³-hybridized carbons (Fsp3) is 0.0667. The van der Waals surface area contributed by atoms with Gasteiger partial charge in [0, 0.05) is 11.8 Å². The topological polar surface area (TPSA) is 35.0 Å². The van der Waals surface area contributed by atoms with Crippen LogP contribution in [0.5, 0.6) is 5.75 Å². The molecule has 4 heteroatoms. The summed E-state index contributed by atoms with van der Waals surface area (Å²) in [5, 5.41) is 0.430. The van der Waals surface area contributed by atoms with Crippen LogP contribution in [0.4, 0.5) is 4.39 Å². The standard InChI is InChI=1S/C15H11FN2O/c1-19-11-7-5-10(6-8-11)15-17-9-12-13(16)3-2-4-14(12)18-15/h2-9H,1H3. The fourth-order valence-electron chi connectivity index (χ4n) is 1.90. The van der Waals surface area contributed by atoms with Crippen LogP contribution in [0.1, 0.15) is 0 Å². The highest BCUT2D eigenvalue weighted by Crippen LogP contribution is 2.22. The van der Waals surface area contributed by atoms with Crippen LogP contribution in [0.3, 0.4) is 0 Å². The molecule has 0 N–H and O–H groups in total. The number of ether oxygens (including phenoxy) is 1. The highest BCUT2D eigenvalue weighted by atomic mass is 19.1. The zero-order valence-electron chi connectivity index (χ0n) is 10.3. The van der Waals surface area contributed by atoms with Gasteiger partial charge in [-0.25, -0.2) is 14.4 Å². The van der Waals surface area contributed by atoms with Gasteiger partial charge in [0.05, 0.1) is 18.0 Å². The predicted molar refractivity (Wildman–Crippen MR) is 71.5 cm³/mol. The van der Waals surface area contributed by atoms with E-state index in [1.54, 1.807) is 19.2 Å². The van der Waals surface area contributed by atoms with Gasteiger partial charge in [-0.05, 0) is 36.4 Å². The van der Waals surface area contributed by atoms with Crippen LogP contribution in [0.25, 0.3) is 22.3 Å². The van der Waals surface area contributed by atoms with Gasteiger partial charge in [0.2, 0.25) is 0 Å². The van der Waals surface area contributed by atoms with Crippen molar-refractivity contribution in [2.75, 3.05) is 7.11 Å². The second-order valence-corrected chi connectivity index (χ2v) is 4.09. The number of methoxy groups -OCH3 is 1.